The lowest BCUT2D eigenvalue weighted by Crippen LogP contribution is -2.36. The Kier molecular flexibility index (Phi) is 10.8. The van der Waals surface area contributed by atoms with Crippen LogP contribution in [0.1, 0.15) is 65.4 Å². The van der Waals surface area contributed by atoms with Crippen LogP contribution in [-0.4, -0.2) is 44.1 Å². The van der Waals surface area contributed by atoms with E-state index < -0.39 is 0 Å². The van der Waals surface area contributed by atoms with Crippen molar-refractivity contribution in [3.63, 3.8) is 0 Å². The van der Waals surface area contributed by atoms with Crippen LogP contribution in [0.4, 0.5) is 5.69 Å². The molecular weight excluding hydrogens is 338 g/mol. The van der Waals surface area contributed by atoms with Gasteiger partial charge in [-0.2, -0.15) is 0 Å². The van der Waals surface area contributed by atoms with E-state index in [-0.39, 0.29) is 12.2 Å². The third-order valence-corrected chi connectivity index (χ3v) is 5.50. The van der Waals surface area contributed by atoms with Gasteiger partial charge in [0.25, 0.3) is 0 Å². The Balaban J connectivity index is 2.76. The van der Waals surface area contributed by atoms with Gasteiger partial charge in [0.2, 0.25) is 0 Å². The molecule has 1 aromatic rings. The zero-order valence-corrected chi connectivity index (χ0v) is 18.4. The number of benzene rings is 1. The van der Waals surface area contributed by atoms with Crippen molar-refractivity contribution in [2.45, 2.75) is 72.3 Å². The first-order valence-corrected chi connectivity index (χ1v) is 10.5. The van der Waals surface area contributed by atoms with Crippen LogP contribution in [0.5, 0.6) is 5.75 Å². The third kappa shape index (κ3) is 8.10. The zero-order chi connectivity index (χ0) is 20.3. The molecule has 0 spiro atoms. The summed E-state index contributed by atoms with van der Waals surface area (Å²) in [4.78, 5) is 2.16. The maximum Gasteiger partial charge on any atom is 0.142 e. The van der Waals surface area contributed by atoms with E-state index in [1.165, 1.54) is 18.4 Å². The minimum Gasteiger partial charge on any atom is -0.495 e. The van der Waals surface area contributed by atoms with E-state index in [2.05, 4.69) is 45.6 Å². The summed E-state index contributed by atoms with van der Waals surface area (Å²) in [5.41, 5.74) is 2.13. The first-order valence-electron chi connectivity index (χ1n) is 10.5. The quantitative estimate of drug-likeness (QED) is 0.482. The van der Waals surface area contributed by atoms with E-state index in [1.54, 1.807) is 7.11 Å². The Bertz CT molecular complexity index is 534. The maximum atomic E-state index is 9.52. The molecule has 4 nitrogen and oxygen atoms in total. The van der Waals surface area contributed by atoms with Crippen molar-refractivity contribution in [1.82, 2.24) is 0 Å². The molecule has 1 aromatic carbocycles. The van der Waals surface area contributed by atoms with Crippen LogP contribution in [0.3, 0.4) is 0 Å². The molecule has 0 aromatic heterocycles. The van der Waals surface area contributed by atoms with Crippen LogP contribution in [0.25, 0.3) is 0 Å². The maximum absolute atomic E-state index is 9.52. The Labute approximate surface area is 166 Å². The van der Waals surface area contributed by atoms with Gasteiger partial charge in [0, 0.05) is 13.1 Å². The normalized spacial score (nSPS) is 14.6. The molecule has 0 bridgehead atoms. The van der Waals surface area contributed by atoms with Gasteiger partial charge in [0.1, 0.15) is 5.75 Å². The molecule has 0 fully saturated rings. The van der Waals surface area contributed by atoms with Gasteiger partial charge in [-0.1, -0.05) is 39.7 Å². The average molecular weight is 380 g/mol. The largest absolute Gasteiger partial charge is 0.495 e. The highest BCUT2D eigenvalue weighted by Gasteiger charge is 2.25. The van der Waals surface area contributed by atoms with Crippen molar-refractivity contribution < 1.29 is 14.6 Å². The number of aliphatic hydroxyl groups excluding tert-OH is 1. The highest BCUT2D eigenvalue weighted by atomic mass is 16.5. The molecule has 0 amide bonds. The Morgan fingerprint density at radius 2 is 1.93 bits per heavy atom. The van der Waals surface area contributed by atoms with Crippen molar-refractivity contribution in [2.75, 3.05) is 38.3 Å². The van der Waals surface area contributed by atoms with E-state index in [1.807, 2.05) is 12.1 Å². The Morgan fingerprint density at radius 1 is 1.19 bits per heavy atom. The number of rotatable bonds is 14. The number of aryl methyl sites for hydroxylation is 1. The van der Waals surface area contributed by atoms with Gasteiger partial charge < -0.3 is 19.5 Å². The molecule has 0 saturated heterocycles. The predicted octanol–water partition coefficient (Wildman–Crippen LogP) is 5.20. The van der Waals surface area contributed by atoms with Crippen LogP contribution in [0.2, 0.25) is 0 Å². The number of hydrogen-bond acceptors (Lipinski definition) is 4. The van der Waals surface area contributed by atoms with Crippen LogP contribution >= 0.6 is 0 Å². The minimum absolute atomic E-state index is 0.0697. The van der Waals surface area contributed by atoms with Crippen LogP contribution in [0.15, 0.2) is 18.2 Å². The molecule has 0 heterocycles. The Hall–Kier alpha value is -1.26. The molecule has 2 unspecified atom stereocenters. The van der Waals surface area contributed by atoms with Crippen molar-refractivity contribution in [2.24, 2.45) is 5.92 Å². The van der Waals surface area contributed by atoms with Crippen molar-refractivity contribution in [1.29, 1.82) is 0 Å². The molecular formula is C23H41NO3. The van der Waals surface area contributed by atoms with E-state index in [9.17, 15) is 5.11 Å². The first kappa shape index (κ1) is 23.8. The fourth-order valence-corrected chi connectivity index (χ4v) is 3.48. The number of anilines is 1. The van der Waals surface area contributed by atoms with Gasteiger partial charge >= 0.3 is 0 Å². The summed E-state index contributed by atoms with van der Waals surface area (Å²) in [5.74, 6) is 1.58. The van der Waals surface area contributed by atoms with Gasteiger partial charge in [0.15, 0.2) is 0 Å². The summed E-state index contributed by atoms with van der Waals surface area (Å²) in [7, 11) is 1.69. The molecule has 0 radical (unpaired) electrons. The highest BCUT2D eigenvalue weighted by molar-refractivity contribution is 5.60. The summed E-state index contributed by atoms with van der Waals surface area (Å²) in [6.45, 7) is 13.2. The van der Waals surface area contributed by atoms with Crippen LogP contribution < -0.4 is 9.64 Å². The second-order valence-corrected chi connectivity index (χ2v) is 7.99. The number of nitrogens with zero attached hydrogens (tertiary/aromatic N) is 1. The fraction of sp³-hybridized carbons (Fsp3) is 0.739. The summed E-state index contributed by atoms with van der Waals surface area (Å²) >= 11 is 0. The lowest BCUT2D eigenvalue weighted by atomic mass is 9.89. The number of hydrogen-bond donors (Lipinski definition) is 1. The molecule has 0 aliphatic heterocycles. The zero-order valence-electron chi connectivity index (χ0n) is 18.4. The molecule has 0 saturated carbocycles. The summed E-state index contributed by atoms with van der Waals surface area (Å²) < 4.78 is 11.9. The van der Waals surface area contributed by atoms with E-state index in [0.29, 0.717) is 13.2 Å². The minimum atomic E-state index is -0.0697. The molecule has 2 atom stereocenters. The van der Waals surface area contributed by atoms with Crippen LogP contribution in [-0.2, 0) is 4.74 Å². The molecule has 0 aliphatic carbocycles. The SMILES string of the molecule is CCCC(C)(CCC(C)CC)OCCN(CCO)c1cc(C)ccc1OC. The molecule has 156 valence electrons. The van der Waals surface area contributed by atoms with Crippen molar-refractivity contribution in [3.05, 3.63) is 23.8 Å². The summed E-state index contributed by atoms with van der Waals surface area (Å²) in [6.07, 6.45) is 5.74. The third-order valence-electron chi connectivity index (χ3n) is 5.50. The second kappa shape index (κ2) is 12.2. The lowest BCUT2D eigenvalue weighted by molar-refractivity contribution is -0.0442. The topological polar surface area (TPSA) is 41.9 Å². The lowest BCUT2D eigenvalue weighted by Gasteiger charge is -2.33. The van der Waals surface area contributed by atoms with Gasteiger partial charge in [-0.3, -0.25) is 0 Å². The predicted molar refractivity (Wildman–Crippen MR) is 115 cm³/mol. The van der Waals surface area contributed by atoms with E-state index in [0.717, 1.165) is 43.2 Å². The van der Waals surface area contributed by atoms with E-state index >= 15 is 0 Å². The molecule has 4 heteroatoms. The monoisotopic (exact) mass is 379 g/mol. The summed E-state index contributed by atoms with van der Waals surface area (Å²) in [6, 6.07) is 6.15. The molecule has 1 N–H and O–H groups in total. The van der Waals surface area contributed by atoms with Crippen molar-refractivity contribution in [3.8, 4) is 5.75 Å². The van der Waals surface area contributed by atoms with Crippen LogP contribution in [0, 0.1) is 12.8 Å². The fourth-order valence-electron chi connectivity index (χ4n) is 3.48. The molecule has 27 heavy (non-hydrogen) atoms. The van der Waals surface area contributed by atoms with Gasteiger partial charge in [-0.15, -0.1) is 0 Å². The van der Waals surface area contributed by atoms with Gasteiger partial charge in [0.05, 0.1) is 31.6 Å². The number of methoxy groups -OCH3 is 1. The number of ether oxygens (including phenoxy) is 2. The second-order valence-electron chi connectivity index (χ2n) is 7.99. The average Bonchev–Trinajstić information content (AvgIpc) is 2.65. The smallest absolute Gasteiger partial charge is 0.142 e. The number of aliphatic hydroxyl groups is 1. The van der Waals surface area contributed by atoms with E-state index in [4.69, 9.17) is 9.47 Å². The molecule has 1 rings (SSSR count). The van der Waals surface area contributed by atoms with Gasteiger partial charge in [-0.25, -0.2) is 0 Å². The standard InChI is InChI=1S/C23H41NO3/c1-7-12-23(5,13-11-19(3)8-2)27-17-15-24(14-16-25)21-18-20(4)9-10-22(21)26-6/h9-10,18-19,25H,7-8,11-17H2,1-6H3. The van der Waals surface area contributed by atoms with Gasteiger partial charge in [-0.05, 0) is 56.7 Å². The Morgan fingerprint density at radius 3 is 2.52 bits per heavy atom. The summed E-state index contributed by atoms with van der Waals surface area (Å²) in [5, 5.41) is 9.52. The first-order chi connectivity index (χ1) is 12.9. The highest BCUT2D eigenvalue weighted by Crippen LogP contribution is 2.30. The van der Waals surface area contributed by atoms with Crippen molar-refractivity contribution >= 4 is 5.69 Å². The molecule has 0 aliphatic rings.